The number of carbonyl (C=O) groups is 2. The summed E-state index contributed by atoms with van der Waals surface area (Å²) in [6, 6.07) is 0. The molecule has 0 bridgehead atoms. The second-order valence-electron chi connectivity index (χ2n) is 3.79. The van der Waals surface area contributed by atoms with Crippen molar-refractivity contribution in [1.82, 2.24) is 0 Å². The Labute approximate surface area is 102 Å². The Hall–Kier alpha value is -1.10. The standard InChI is InChI=1S/C12H22O5/c1-5-7-10(16-9(3)13)8-11(14)17-12(6-2)15-4/h10,12H,5-8H2,1-4H3. The van der Waals surface area contributed by atoms with Crippen LogP contribution in [0.15, 0.2) is 0 Å². The molecule has 0 aromatic rings. The van der Waals surface area contributed by atoms with E-state index in [-0.39, 0.29) is 12.4 Å². The van der Waals surface area contributed by atoms with Crippen LogP contribution in [0.1, 0.15) is 46.5 Å². The van der Waals surface area contributed by atoms with E-state index in [1.54, 1.807) is 0 Å². The van der Waals surface area contributed by atoms with E-state index >= 15 is 0 Å². The van der Waals surface area contributed by atoms with Crippen LogP contribution in [0, 0.1) is 0 Å². The summed E-state index contributed by atoms with van der Waals surface area (Å²) in [5.41, 5.74) is 0. The van der Waals surface area contributed by atoms with E-state index in [4.69, 9.17) is 14.2 Å². The molecule has 5 nitrogen and oxygen atoms in total. The third kappa shape index (κ3) is 7.74. The smallest absolute Gasteiger partial charge is 0.311 e. The number of rotatable bonds is 8. The van der Waals surface area contributed by atoms with Crippen LogP contribution >= 0.6 is 0 Å². The maximum Gasteiger partial charge on any atom is 0.311 e. The molecule has 0 heterocycles. The molecule has 5 heteroatoms. The molecule has 0 saturated heterocycles. The minimum atomic E-state index is -0.526. The van der Waals surface area contributed by atoms with Crippen LogP contribution in [0.25, 0.3) is 0 Å². The van der Waals surface area contributed by atoms with Crippen molar-refractivity contribution < 1.29 is 23.8 Å². The Bertz CT molecular complexity index is 235. The number of ether oxygens (including phenoxy) is 3. The van der Waals surface area contributed by atoms with Gasteiger partial charge in [-0.1, -0.05) is 20.3 Å². The zero-order valence-corrected chi connectivity index (χ0v) is 11.0. The molecule has 0 amide bonds. The molecular weight excluding hydrogens is 224 g/mol. The van der Waals surface area contributed by atoms with Crippen molar-refractivity contribution in [2.24, 2.45) is 0 Å². The zero-order valence-electron chi connectivity index (χ0n) is 11.0. The summed E-state index contributed by atoms with van der Waals surface area (Å²) in [4.78, 5) is 22.4. The normalized spacial score (nSPS) is 13.9. The molecule has 2 atom stereocenters. The van der Waals surface area contributed by atoms with Gasteiger partial charge in [-0.15, -0.1) is 0 Å². The van der Waals surface area contributed by atoms with Crippen LogP contribution in [0.5, 0.6) is 0 Å². The SMILES string of the molecule is CCCC(CC(=O)OC(CC)OC)OC(C)=O. The van der Waals surface area contributed by atoms with Crippen molar-refractivity contribution in [2.75, 3.05) is 7.11 Å². The third-order valence-corrected chi connectivity index (χ3v) is 2.20. The number of hydrogen-bond acceptors (Lipinski definition) is 5. The Balaban J connectivity index is 4.14. The fourth-order valence-electron chi connectivity index (χ4n) is 1.44. The lowest BCUT2D eigenvalue weighted by atomic mass is 10.1. The van der Waals surface area contributed by atoms with Gasteiger partial charge in [-0.25, -0.2) is 0 Å². The van der Waals surface area contributed by atoms with E-state index in [1.165, 1.54) is 14.0 Å². The molecule has 0 N–H and O–H groups in total. The predicted octanol–water partition coefficient (Wildman–Crippen LogP) is 2.03. The summed E-state index contributed by atoms with van der Waals surface area (Å²) in [6.07, 6.45) is 1.23. The van der Waals surface area contributed by atoms with Crippen molar-refractivity contribution in [2.45, 2.75) is 58.8 Å². The summed E-state index contributed by atoms with van der Waals surface area (Å²) in [5.74, 6) is -0.784. The van der Waals surface area contributed by atoms with Gasteiger partial charge in [-0.3, -0.25) is 9.59 Å². The van der Waals surface area contributed by atoms with E-state index in [9.17, 15) is 9.59 Å². The van der Waals surface area contributed by atoms with Crippen molar-refractivity contribution in [3.8, 4) is 0 Å². The molecule has 0 aliphatic heterocycles. The molecule has 0 aliphatic rings. The summed E-state index contributed by atoms with van der Waals surface area (Å²) in [6.45, 7) is 5.15. The van der Waals surface area contributed by atoms with Crippen LogP contribution in [-0.4, -0.2) is 31.4 Å². The van der Waals surface area contributed by atoms with E-state index in [1.807, 2.05) is 13.8 Å². The van der Waals surface area contributed by atoms with Gasteiger partial charge in [-0.2, -0.15) is 0 Å². The molecule has 0 saturated carbocycles. The second kappa shape index (κ2) is 8.98. The van der Waals surface area contributed by atoms with E-state index in [0.717, 1.165) is 6.42 Å². The van der Waals surface area contributed by atoms with Crippen molar-refractivity contribution in [3.63, 3.8) is 0 Å². The minimum Gasteiger partial charge on any atom is -0.462 e. The maximum atomic E-state index is 11.5. The van der Waals surface area contributed by atoms with Gasteiger partial charge in [0.15, 0.2) is 0 Å². The Morgan fingerprint density at radius 1 is 1.18 bits per heavy atom. The van der Waals surface area contributed by atoms with Gasteiger partial charge in [0.1, 0.15) is 6.10 Å². The first-order valence-corrected chi connectivity index (χ1v) is 5.92. The van der Waals surface area contributed by atoms with Crippen LogP contribution in [0.2, 0.25) is 0 Å². The van der Waals surface area contributed by atoms with Crippen molar-refractivity contribution in [1.29, 1.82) is 0 Å². The van der Waals surface area contributed by atoms with Crippen LogP contribution in [-0.2, 0) is 23.8 Å². The molecule has 0 spiro atoms. The van der Waals surface area contributed by atoms with Gasteiger partial charge in [0.05, 0.1) is 6.42 Å². The highest BCUT2D eigenvalue weighted by atomic mass is 16.7. The number of hydrogen-bond donors (Lipinski definition) is 0. The lowest BCUT2D eigenvalue weighted by molar-refractivity contribution is -0.177. The highest BCUT2D eigenvalue weighted by Gasteiger charge is 2.19. The molecule has 0 rings (SSSR count). The summed E-state index contributed by atoms with van der Waals surface area (Å²) in [5, 5.41) is 0. The molecular formula is C12H22O5. The van der Waals surface area contributed by atoms with Gasteiger partial charge in [0, 0.05) is 20.5 Å². The Kier molecular flexibility index (Phi) is 8.40. The number of carbonyl (C=O) groups excluding carboxylic acids is 2. The molecule has 2 unspecified atom stereocenters. The highest BCUT2D eigenvalue weighted by Crippen LogP contribution is 2.10. The van der Waals surface area contributed by atoms with Gasteiger partial charge < -0.3 is 14.2 Å². The molecule has 100 valence electrons. The largest absolute Gasteiger partial charge is 0.462 e. The Morgan fingerprint density at radius 2 is 1.82 bits per heavy atom. The zero-order chi connectivity index (χ0) is 13.3. The van der Waals surface area contributed by atoms with Gasteiger partial charge >= 0.3 is 11.9 Å². The van der Waals surface area contributed by atoms with Crippen molar-refractivity contribution >= 4 is 11.9 Å². The van der Waals surface area contributed by atoms with E-state index in [2.05, 4.69) is 0 Å². The van der Waals surface area contributed by atoms with Gasteiger partial charge in [-0.05, 0) is 6.42 Å². The maximum absolute atomic E-state index is 11.5. The lowest BCUT2D eigenvalue weighted by Crippen LogP contribution is -2.25. The first kappa shape index (κ1) is 15.9. The summed E-state index contributed by atoms with van der Waals surface area (Å²) < 4.78 is 15.0. The first-order valence-electron chi connectivity index (χ1n) is 5.92. The molecule has 0 aromatic heterocycles. The third-order valence-electron chi connectivity index (χ3n) is 2.20. The van der Waals surface area contributed by atoms with Gasteiger partial charge in [0.25, 0.3) is 0 Å². The topological polar surface area (TPSA) is 61.8 Å². The summed E-state index contributed by atoms with van der Waals surface area (Å²) >= 11 is 0. The number of esters is 2. The van der Waals surface area contributed by atoms with Crippen LogP contribution < -0.4 is 0 Å². The monoisotopic (exact) mass is 246 g/mol. The molecule has 0 aliphatic carbocycles. The number of methoxy groups -OCH3 is 1. The van der Waals surface area contributed by atoms with Crippen LogP contribution in [0.4, 0.5) is 0 Å². The fourth-order valence-corrected chi connectivity index (χ4v) is 1.44. The molecule has 0 fully saturated rings. The minimum absolute atomic E-state index is 0.0767. The fraction of sp³-hybridized carbons (Fsp3) is 0.833. The lowest BCUT2D eigenvalue weighted by Gasteiger charge is -2.18. The molecule has 0 aromatic carbocycles. The molecule has 17 heavy (non-hydrogen) atoms. The Morgan fingerprint density at radius 3 is 2.24 bits per heavy atom. The average molecular weight is 246 g/mol. The molecule has 0 radical (unpaired) electrons. The van der Waals surface area contributed by atoms with Crippen LogP contribution in [0.3, 0.4) is 0 Å². The predicted molar refractivity (Wildman–Crippen MR) is 62.3 cm³/mol. The highest BCUT2D eigenvalue weighted by molar-refractivity contribution is 5.71. The van der Waals surface area contributed by atoms with E-state index in [0.29, 0.717) is 12.8 Å². The van der Waals surface area contributed by atoms with Gasteiger partial charge in [0.2, 0.25) is 6.29 Å². The van der Waals surface area contributed by atoms with Crippen molar-refractivity contribution in [3.05, 3.63) is 0 Å². The summed E-state index contributed by atoms with van der Waals surface area (Å²) in [7, 11) is 1.48. The first-order chi connectivity index (χ1) is 8.03. The average Bonchev–Trinajstić information content (AvgIpc) is 2.25. The quantitative estimate of drug-likeness (QED) is 0.484. The second-order valence-corrected chi connectivity index (χ2v) is 3.79. The van der Waals surface area contributed by atoms with E-state index < -0.39 is 18.4 Å².